The molecule has 0 unspecified atom stereocenters. The number of nitrogens with zero attached hydrogens (tertiary/aromatic N) is 2. The molecule has 3 N–H and O–H groups in total. The molecule has 0 radical (unpaired) electrons. The maximum absolute atomic E-state index is 9.38. The van der Waals surface area contributed by atoms with Crippen LogP contribution in [0.2, 0.25) is 0 Å². The Morgan fingerprint density at radius 2 is 1.03 bits per heavy atom. The fourth-order valence-electron chi connectivity index (χ4n) is 4.67. The first-order chi connectivity index (χ1) is 15.2. The van der Waals surface area contributed by atoms with E-state index in [9.17, 15) is 10.2 Å². The molecule has 32 heavy (non-hydrogen) atoms. The molecule has 194 valence electrons. The van der Waals surface area contributed by atoms with E-state index in [-0.39, 0.29) is 17.0 Å². The second-order valence-electron chi connectivity index (χ2n) is 9.61. The van der Waals surface area contributed by atoms with Crippen molar-refractivity contribution in [3.05, 3.63) is 0 Å². The van der Waals surface area contributed by atoms with Crippen LogP contribution in [0.4, 0.5) is 0 Å². The predicted molar refractivity (Wildman–Crippen MR) is 143 cm³/mol. The molecular weight excluding hydrogens is 466 g/mol. The third-order valence-electron chi connectivity index (χ3n) is 6.64. The lowest BCUT2D eigenvalue weighted by Gasteiger charge is -2.38. The molecule has 1 saturated heterocycles. The van der Waals surface area contributed by atoms with Gasteiger partial charge in [0, 0.05) is 32.7 Å². The van der Waals surface area contributed by atoms with E-state index in [0.717, 1.165) is 39.1 Å². The van der Waals surface area contributed by atoms with E-state index >= 15 is 0 Å². The molecule has 0 amide bonds. The summed E-state index contributed by atoms with van der Waals surface area (Å²) in [6, 6.07) is 0. The van der Waals surface area contributed by atoms with Crippen LogP contribution in [0.5, 0.6) is 0 Å². The number of hydrogen-bond donors (Lipinski definition) is 3. The van der Waals surface area contributed by atoms with Crippen LogP contribution >= 0.6 is 17.0 Å². The summed E-state index contributed by atoms with van der Waals surface area (Å²) < 4.78 is 0. The van der Waals surface area contributed by atoms with E-state index in [2.05, 4.69) is 22.3 Å². The van der Waals surface area contributed by atoms with Gasteiger partial charge in [-0.25, -0.2) is 10.0 Å². The highest BCUT2D eigenvalue weighted by molar-refractivity contribution is 8.93. The molecule has 0 aromatic heterocycles. The lowest BCUT2D eigenvalue weighted by molar-refractivity contribution is -0.122. The molecule has 0 aromatic carbocycles. The Balaban J connectivity index is 0.00000961. The highest BCUT2D eigenvalue weighted by Crippen LogP contribution is 2.14. The fraction of sp³-hybridized carbons (Fsp3) is 1.00. The minimum absolute atomic E-state index is 0. The van der Waals surface area contributed by atoms with Crippen LogP contribution in [-0.2, 0) is 0 Å². The van der Waals surface area contributed by atoms with Crippen LogP contribution in [0.3, 0.4) is 0 Å². The SMILES string of the molecule is Br.CCCCCCCCCCCCCCCCCCCCN(CC(O)O)N1CCNCC1. The standard InChI is InChI=1S/C26H55N3O2.BrH/c1-2-3-4-5-6-7-8-9-10-11-12-13-14-15-16-17-18-19-22-29(25-26(30)31)28-23-20-27-21-24-28;/h26-27,30-31H,2-25H2,1H3;1H. The molecule has 0 bridgehead atoms. The van der Waals surface area contributed by atoms with Gasteiger partial charge in [-0.05, 0) is 6.42 Å². The molecular formula is C26H56BrN3O2. The topological polar surface area (TPSA) is 59.0 Å². The molecule has 1 aliphatic rings. The van der Waals surface area contributed by atoms with Gasteiger partial charge in [-0.3, -0.25) is 0 Å². The summed E-state index contributed by atoms with van der Waals surface area (Å²) in [5, 5.41) is 26.5. The largest absolute Gasteiger partial charge is 0.367 e. The Hall–Kier alpha value is 0.280. The lowest BCUT2D eigenvalue weighted by atomic mass is 10.0. The van der Waals surface area contributed by atoms with E-state index < -0.39 is 6.29 Å². The zero-order valence-corrected chi connectivity index (χ0v) is 23.0. The van der Waals surface area contributed by atoms with Crippen LogP contribution in [0.15, 0.2) is 0 Å². The highest BCUT2D eigenvalue weighted by Gasteiger charge is 2.19. The van der Waals surface area contributed by atoms with Crippen LogP contribution in [0.1, 0.15) is 122 Å². The van der Waals surface area contributed by atoms with Crippen molar-refractivity contribution in [3.8, 4) is 0 Å². The Kier molecular flexibility index (Phi) is 24.6. The number of nitrogens with one attached hydrogen (secondary N) is 1. The first-order valence-corrected chi connectivity index (χ1v) is 13.8. The van der Waals surface area contributed by atoms with Crippen LogP contribution < -0.4 is 5.32 Å². The molecule has 0 spiro atoms. The third kappa shape index (κ3) is 19.7. The average Bonchev–Trinajstić information content (AvgIpc) is 2.78. The molecule has 1 rings (SSSR count). The van der Waals surface area contributed by atoms with E-state index in [0.29, 0.717) is 6.54 Å². The van der Waals surface area contributed by atoms with Crippen LogP contribution in [-0.4, -0.2) is 65.8 Å². The van der Waals surface area contributed by atoms with Crippen molar-refractivity contribution in [2.75, 3.05) is 39.3 Å². The molecule has 1 fully saturated rings. The number of hydrazine groups is 1. The Labute approximate surface area is 210 Å². The maximum atomic E-state index is 9.38. The monoisotopic (exact) mass is 521 g/mol. The predicted octanol–water partition coefficient (Wildman–Crippen LogP) is 6.04. The quantitative estimate of drug-likeness (QED) is 0.120. The normalized spacial score (nSPS) is 14.9. The van der Waals surface area contributed by atoms with E-state index in [1.807, 2.05) is 0 Å². The zero-order valence-electron chi connectivity index (χ0n) is 21.2. The van der Waals surface area contributed by atoms with Gasteiger partial charge in [0.1, 0.15) is 0 Å². The molecule has 0 saturated carbocycles. The Bertz CT molecular complexity index is 369. The van der Waals surface area contributed by atoms with Crippen molar-refractivity contribution in [1.29, 1.82) is 0 Å². The first kappa shape index (κ1) is 32.3. The summed E-state index contributed by atoms with van der Waals surface area (Å²) >= 11 is 0. The van der Waals surface area contributed by atoms with Gasteiger partial charge in [0.25, 0.3) is 0 Å². The van der Waals surface area contributed by atoms with Gasteiger partial charge in [-0.1, -0.05) is 116 Å². The number of unbranched alkanes of at least 4 members (excludes halogenated alkanes) is 17. The summed E-state index contributed by atoms with van der Waals surface area (Å²) in [6.07, 6.45) is 23.8. The molecule has 0 atom stereocenters. The summed E-state index contributed by atoms with van der Waals surface area (Å²) in [5.74, 6) is 0. The van der Waals surface area contributed by atoms with E-state index in [1.165, 1.54) is 109 Å². The van der Waals surface area contributed by atoms with Gasteiger partial charge in [0.2, 0.25) is 0 Å². The zero-order chi connectivity index (χ0) is 22.4. The molecule has 5 nitrogen and oxygen atoms in total. The van der Waals surface area contributed by atoms with Crippen molar-refractivity contribution >= 4 is 17.0 Å². The number of piperazine rings is 1. The van der Waals surface area contributed by atoms with Crippen molar-refractivity contribution in [1.82, 2.24) is 15.3 Å². The molecule has 6 heteroatoms. The Morgan fingerprint density at radius 1 is 0.656 bits per heavy atom. The van der Waals surface area contributed by atoms with Crippen molar-refractivity contribution < 1.29 is 10.2 Å². The first-order valence-electron chi connectivity index (χ1n) is 13.8. The Morgan fingerprint density at radius 3 is 1.41 bits per heavy atom. The van der Waals surface area contributed by atoms with Crippen molar-refractivity contribution in [3.63, 3.8) is 0 Å². The number of rotatable bonds is 22. The number of hydrogen-bond acceptors (Lipinski definition) is 5. The second-order valence-corrected chi connectivity index (χ2v) is 9.61. The van der Waals surface area contributed by atoms with Crippen LogP contribution in [0.25, 0.3) is 0 Å². The number of aliphatic hydroxyl groups excluding tert-OH is 1. The summed E-state index contributed by atoms with van der Waals surface area (Å²) in [7, 11) is 0. The number of halogens is 1. The fourth-order valence-corrected chi connectivity index (χ4v) is 4.67. The number of aliphatic hydroxyl groups is 2. The van der Waals surface area contributed by atoms with Gasteiger partial charge in [-0.2, -0.15) is 0 Å². The lowest BCUT2D eigenvalue weighted by Crippen LogP contribution is -2.54. The van der Waals surface area contributed by atoms with E-state index in [1.54, 1.807) is 0 Å². The smallest absolute Gasteiger partial charge is 0.165 e. The minimum atomic E-state index is -1.24. The summed E-state index contributed by atoms with van der Waals surface area (Å²) in [4.78, 5) is 0. The minimum Gasteiger partial charge on any atom is -0.367 e. The van der Waals surface area contributed by atoms with Gasteiger partial charge in [-0.15, -0.1) is 17.0 Å². The molecule has 1 heterocycles. The molecule has 0 aromatic rings. The molecule has 0 aliphatic carbocycles. The summed E-state index contributed by atoms with van der Waals surface area (Å²) in [5.41, 5.74) is 0. The van der Waals surface area contributed by atoms with Gasteiger partial charge >= 0.3 is 0 Å². The van der Waals surface area contributed by atoms with Gasteiger partial charge in [0.05, 0.1) is 6.54 Å². The third-order valence-corrected chi connectivity index (χ3v) is 6.64. The summed E-state index contributed by atoms with van der Waals surface area (Å²) in [6.45, 7) is 7.46. The van der Waals surface area contributed by atoms with E-state index in [4.69, 9.17) is 0 Å². The highest BCUT2D eigenvalue weighted by atomic mass is 79.9. The van der Waals surface area contributed by atoms with Crippen molar-refractivity contribution in [2.45, 2.75) is 129 Å². The molecule has 1 aliphatic heterocycles. The van der Waals surface area contributed by atoms with Crippen LogP contribution in [0, 0.1) is 0 Å². The van der Waals surface area contributed by atoms with Crippen molar-refractivity contribution in [2.24, 2.45) is 0 Å². The van der Waals surface area contributed by atoms with Gasteiger partial charge in [0.15, 0.2) is 6.29 Å². The average molecular weight is 523 g/mol. The maximum Gasteiger partial charge on any atom is 0.165 e. The van der Waals surface area contributed by atoms with Gasteiger partial charge < -0.3 is 15.5 Å². The second kappa shape index (κ2) is 24.4.